The van der Waals surface area contributed by atoms with E-state index in [4.69, 9.17) is 10.5 Å². The molecule has 2 N–H and O–H groups in total. The quantitative estimate of drug-likeness (QED) is 0.624. The number of nitrogens with two attached hydrogens (primary N) is 1. The average Bonchev–Trinajstić information content (AvgIpc) is 2.60. The molecule has 0 aliphatic heterocycles. The molecule has 0 atom stereocenters. The van der Waals surface area contributed by atoms with Crippen LogP contribution in [-0.4, -0.2) is 18.7 Å². The molecular formula is C20H21F2N3O2. The first-order valence-corrected chi connectivity index (χ1v) is 8.04. The van der Waals surface area contributed by atoms with Gasteiger partial charge in [0.25, 0.3) is 5.56 Å². The van der Waals surface area contributed by atoms with Gasteiger partial charge in [-0.2, -0.15) is 0 Å². The van der Waals surface area contributed by atoms with E-state index in [1.807, 2.05) is 0 Å². The number of benzene rings is 1. The summed E-state index contributed by atoms with van der Waals surface area (Å²) < 4.78 is 34.2. The van der Waals surface area contributed by atoms with E-state index in [2.05, 4.69) is 6.58 Å². The van der Waals surface area contributed by atoms with Gasteiger partial charge < -0.3 is 19.9 Å². The molecule has 0 saturated heterocycles. The van der Waals surface area contributed by atoms with Gasteiger partial charge in [-0.25, -0.2) is 8.78 Å². The van der Waals surface area contributed by atoms with Crippen LogP contribution < -0.4 is 20.9 Å². The molecule has 142 valence electrons. The van der Waals surface area contributed by atoms with E-state index < -0.39 is 11.6 Å². The zero-order valence-corrected chi connectivity index (χ0v) is 15.4. The van der Waals surface area contributed by atoms with Crippen molar-refractivity contribution in [3.63, 3.8) is 0 Å². The highest BCUT2D eigenvalue weighted by molar-refractivity contribution is 5.78. The Balaban J connectivity index is 2.65. The standard InChI is InChI=1S/C20H21F2N3O2/c1-5-15(13-10-17(24(2)3)20(26)25(4)12-13)18(8-9-23)27-19-7-6-14(21)11-16(19)22/h5-12H,1,23H2,2-4H3/b9-8-,18-15-. The number of halogens is 2. The van der Waals surface area contributed by atoms with Crippen LogP contribution in [0.2, 0.25) is 0 Å². The molecule has 0 bridgehead atoms. The second kappa shape index (κ2) is 8.35. The number of aromatic nitrogens is 1. The Bertz CT molecular complexity index is 976. The van der Waals surface area contributed by atoms with Gasteiger partial charge in [0.1, 0.15) is 17.3 Å². The van der Waals surface area contributed by atoms with Crippen molar-refractivity contribution in [2.24, 2.45) is 12.8 Å². The maximum atomic E-state index is 14.0. The normalized spacial score (nSPS) is 12.0. The largest absolute Gasteiger partial charge is 0.454 e. The molecule has 1 aromatic heterocycles. The smallest absolute Gasteiger partial charge is 0.273 e. The summed E-state index contributed by atoms with van der Waals surface area (Å²) in [6, 6.07) is 4.67. The number of aryl methyl sites for hydroxylation is 1. The summed E-state index contributed by atoms with van der Waals surface area (Å²) in [5.74, 6) is -1.53. The average molecular weight is 373 g/mol. The number of allylic oxidation sites excluding steroid dienone is 3. The van der Waals surface area contributed by atoms with Crippen molar-refractivity contribution in [2.45, 2.75) is 0 Å². The summed E-state index contributed by atoms with van der Waals surface area (Å²) in [7, 11) is 5.13. The van der Waals surface area contributed by atoms with Gasteiger partial charge in [0, 0.05) is 44.5 Å². The second-order valence-corrected chi connectivity index (χ2v) is 5.94. The fraction of sp³-hybridized carbons (Fsp3) is 0.150. The lowest BCUT2D eigenvalue weighted by Crippen LogP contribution is -2.25. The molecule has 0 saturated carbocycles. The Morgan fingerprint density at radius 1 is 1.30 bits per heavy atom. The summed E-state index contributed by atoms with van der Waals surface area (Å²) in [6.45, 7) is 3.78. The molecule has 7 heteroatoms. The molecule has 27 heavy (non-hydrogen) atoms. The Hall–Kier alpha value is -3.35. The molecule has 2 rings (SSSR count). The molecule has 2 aromatic rings. The van der Waals surface area contributed by atoms with Crippen molar-refractivity contribution in [3.05, 3.63) is 88.7 Å². The Morgan fingerprint density at radius 3 is 2.56 bits per heavy atom. The fourth-order valence-electron chi connectivity index (χ4n) is 2.47. The maximum absolute atomic E-state index is 14.0. The topological polar surface area (TPSA) is 60.5 Å². The number of hydrogen-bond donors (Lipinski definition) is 1. The highest BCUT2D eigenvalue weighted by Crippen LogP contribution is 2.27. The first kappa shape index (κ1) is 20.0. The minimum atomic E-state index is -0.851. The second-order valence-electron chi connectivity index (χ2n) is 5.94. The predicted molar refractivity (Wildman–Crippen MR) is 103 cm³/mol. The van der Waals surface area contributed by atoms with E-state index >= 15 is 0 Å². The van der Waals surface area contributed by atoms with E-state index in [0.717, 1.165) is 12.1 Å². The third-order valence-corrected chi connectivity index (χ3v) is 3.79. The molecule has 1 heterocycles. The van der Waals surface area contributed by atoms with Crippen molar-refractivity contribution in [1.82, 2.24) is 4.57 Å². The van der Waals surface area contributed by atoms with Gasteiger partial charge in [0.15, 0.2) is 11.6 Å². The highest BCUT2D eigenvalue weighted by atomic mass is 19.1. The molecule has 0 radical (unpaired) electrons. The van der Waals surface area contributed by atoms with Crippen molar-refractivity contribution >= 4 is 11.3 Å². The number of pyridine rings is 1. The summed E-state index contributed by atoms with van der Waals surface area (Å²) in [5, 5.41) is 0. The number of nitrogens with zero attached hydrogens (tertiary/aromatic N) is 2. The van der Waals surface area contributed by atoms with Crippen molar-refractivity contribution in [2.75, 3.05) is 19.0 Å². The van der Waals surface area contributed by atoms with Gasteiger partial charge in [-0.1, -0.05) is 12.7 Å². The van der Waals surface area contributed by atoms with Crippen LogP contribution in [0.4, 0.5) is 14.5 Å². The van der Waals surface area contributed by atoms with Crippen LogP contribution in [0.15, 0.2) is 65.9 Å². The molecule has 0 spiro atoms. The highest BCUT2D eigenvalue weighted by Gasteiger charge is 2.14. The molecule has 0 unspecified atom stereocenters. The van der Waals surface area contributed by atoms with Gasteiger partial charge in [0.05, 0.1) is 0 Å². The molecule has 0 fully saturated rings. The van der Waals surface area contributed by atoms with Crippen LogP contribution in [0, 0.1) is 11.6 Å². The number of ether oxygens (including phenoxy) is 1. The van der Waals surface area contributed by atoms with Gasteiger partial charge >= 0.3 is 0 Å². The van der Waals surface area contributed by atoms with E-state index in [9.17, 15) is 13.6 Å². The fourth-order valence-corrected chi connectivity index (χ4v) is 2.47. The summed E-state index contributed by atoms with van der Waals surface area (Å²) in [6.07, 6.45) is 5.78. The minimum absolute atomic E-state index is 0.165. The molecule has 0 aliphatic carbocycles. The molecule has 0 aliphatic rings. The Morgan fingerprint density at radius 2 is 2.00 bits per heavy atom. The lowest BCUT2D eigenvalue weighted by molar-refractivity contribution is 0.410. The summed E-state index contributed by atoms with van der Waals surface area (Å²) in [5.41, 5.74) is 6.89. The number of anilines is 1. The lowest BCUT2D eigenvalue weighted by atomic mass is 10.1. The van der Waals surface area contributed by atoms with Crippen LogP contribution in [-0.2, 0) is 7.05 Å². The summed E-state index contributed by atoms with van der Waals surface area (Å²) in [4.78, 5) is 14.0. The van der Waals surface area contributed by atoms with E-state index in [0.29, 0.717) is 16.8 Å². The number of rotatable bonds is 6. The van der Waals surface area contributed by atoms with Crippen LogP contribution >= 0.6 is 0 Å². The van der Waals surface area contributed by atoms with Crippen molar-refractivity contribution < 1.29 is 13.5 Å². The third kappa shape index (κ3) is 4.44. The van der Waals surface area contributed by atoms with Crippen LogP contribution in [0.5, 0.6) is 5.75 Å². The third-order valence-electron chi connectivity index (χ3n) is 3.79. The molecular weight excluding hydrogens is 352 g/mol. The predicted octanol–water partition coefficient (Wildman–Crippen LogP) is 3.18. The monoisotopic (exact) mass is 373 g/mol. The van der Waals surface area contributed by atoms with Crippen molar-refractivity contribution in [3.8, 4) is 5.75 Å². The molecule has 1 aromatic carbocycles. The van der Waals surface area contributed by atoms with Crippen molar-refractivity contribution in [1.29, 1.82) is 0 Å². The molecule has 5 nitrogen and oxygen atoms in total. The Kier molecular flexibility index (Phi) is 6.18. The van der Waals surface area contributed by atoms with Gasteiger partial charge in [-0.05, 0) is 30.5 Å². The minimum Gasteiger partial charge on any atom is -0.454 e. The van der Waals surface area contributed by atoms with Gasteiger partial charge in [0.2, 0.25) is 0 Å². The van der Waals surface area contributed by atoms with E-state index in [1.54, 1.807) is 38.3 Å². The van der Waals surface area contributed by atoms with Crippen LogP contribution in [0.3, 0.4) is 0 Å². The zero-order chi connectivity index (χ0) is 20.1. The lowest BCUT2D eigenvalue weighted by Gasteiger charge is -2.17. The van der Waals surface area contributed by atoms with Crippen LogP contribution in [0.25, 0.3) is 5.57 Å². The van der Waals surface area contributed by atoms with Gasteiger partial charge in [-0.3, -0.25) is 4.79 Å². The zero-order valence-electron chi connectivity index (χ0n) is 15.4. The number of hydrogen-bond acceptors (Lipinski definition) is 4. The first-order valence-electron chi connectivity index (χ1n) is 8.04. The maximum Gasteiger partial charge on any atom is 0.273 e. The first-order chi connectivity index (χ1) is 12.8. The van der Waals surface area contributed by atoms with E-state index in [1.165, 1.54) is 29.0 Å². The van der Waals surface area contributed by atoms with Crippen LogP contribution in [0.1, 0.15) is 5.56 Å². The Labute approximate surface area is 156 Å². The summed E-state index contributed by atoms with van der Waals surface area (Å²) >= 11 is 0. The van der Waals surface area contributed by atoms with E-state index in [-0.39, 0.29) is 17.1 Å². The van der Waals surface area contributed by atoms with Gasteiger partial charge in [-0.15, -0.1) is 0 Å². The molecule has 0 amide bonds. The SMILES string of the molecule is C=C/C(=C(\C=C/N)Oc1ccc(F)cc1F)c1cc(N(C)C)c(=O)n(C)c1.